The van der Waals surface area contributed by atoms with Gasteiger partial charge in [-0.1, -0.05) is 32.0 Å². The third kappa shape index (κ3) is 3.79. The zero-order chi connectivity index (χ0) is 12.7. The number of nitrogens with zero attached hydrogens (tertiary/aromatic N) is 1. The molecule has 3 heteroatoms. The van der Waals surface area contributed by atoms with E-state index in [1.807, 2.05) is 12.1 Å². The maximum Gasteiger partial charge on any atom is 0.128 e. The second-order valence-corrected chi connectivity index (χ2v) is 4.31. The van der Waals surface area contributed by atoms with E-state index in [1.165, 1.54) is 6.07 Å². The summed E-state index contributed by atoms with van der Waals surface area (Å²) in [6, 6.07) is 6.93. The van der Waals surface area contributed by atoms with Crippen molar-refractivity contribution < 1.29 is 4.39 Å². The maximum absolute atomic E-state index is 13.8. The molecule has 0 spiro atoms. The molecule has 1 aromatic rings. The molecule has 96 valence electrons. The highest BCUT2D eigenvalue weighted by Gasteiger charge is 2.20. The average Bonchev–Trinajstić information content (AvgIpc) is 2.33. The molecule has 0 aromatic heterocycles. The van der Waals surface area contributed by atoms with Gasteiger partial charge in [0, 0.05) is 18.2 Å². The molecule has 1 aromatic carbocycles. The van der Waals surface area contributed by atoms with Gasteiger partial charge in [-0.15, -0.1) is 0 Å². The van der Waals surface area contributed by atoms with Gasteiger partial charge in [0.15, 0.2) is 0 Å². The Morgan fingerprint density at radius 2 is 1.76 bits per heavy atom. The molecule has 0 aliphatic rings. The monoisotopic (exact) mass is 238 g/mol. The third-order valence-electron chi connectivity index (χ3n) is 2.95. The summed E-state index contributed by atoms with van der Waals surface area (Å²) in [4.78, 5) is 2.28. The Labute approximate surface area is 104 Å². The largest absolute Gasteiger partial charge is 0.329 e. The van der Waals surface area contributed by atoms with Gasteiger partial charge in [-0.05, 0) is 32.0 Å². The fourth-order valence-corrected chi connectivity index (χ4v) is 2.22. The molecule has 0 radical (unpaired) electrons. The summed E-state index contributed by atoms with van der Waals surface area (Å²) in [5.74, 6) is -0.153. The van der Waals surface area contributed by atoms with Crippen LogP contribution in [0.5, 0.6) is 0 Å². The van der Waals surface area contributed by atoms with Crippen LogP contribution in [0.3, 0.4) is 0 Å². The first-order valence-corrected chi connectivity index (χ1v) is 6.43. The van der Waals surface area contributed by atoms with Crippen molar-refractivity contribution in [2.75, 3.05) is 19.6 Å². The topological polar surface area (TPSA) is 29.3 Å². The van der Waals surface area contributed by atoms with Gasteiger partial charge in [-0.25, -0.2) is 4.39 Å². The summed E-state index contributed by atoms with van der Waals surface area (Å²) < 4.78 is 13.8. The van der Waals surface area contributed by atoms with Crippen molar-refractivity contribution in [2.24, 2.45) is 5.73 Å². The minimum atomic E-state index is -0.153. The number of hydrogen-bond acceptors (Lipinski definition) is 2. The van der Waals surface area contributed by atoms with Crippen molar-refractivity contribution in [1.82, 2.24) is 4.90 Å². The fraction of sp³-hybridized carbons (Fsp3) is 0.571. The Hall–Kier alpha value is -0.930. The van der Waals surface area contributed by atoms with Gasteiger partial charge >= 0.3 is 0 Å². The molecule has 0 amide bonds. The zero-order valence-electron chi connectivity index (χ0n) is 10.8. The second-order valence-electron chi connectivity index (χ2n) is 4.31. The van der Waals surface area contributed by atoms with Crippen LogP contribution in [0.1, 0.15) is 38.3 Å². The van der Waals surface area contributed by atoms with Crippen molar-refractivity contribution in [1.29, 1.82) is 0 Å². The molecule has 0 aliphatic carbocycles. The highest BCUT2D eigenvalue weighted by molar-refractivity contribution is 5.21. The molecule has 1 unspecified atom stereocenters. The van der Waals surface area contributed by atoms with Crippen LogP contribution in [-0.2, 0) is 0 Å². The highest BCUT2D eigenvalue weighted by Crippen LogP contribution is 2.22. The quantitative estimate of drug-likeness (QED) is 0.791. The molecular formula is C14H23FN2. The predicted octanol–water partition coefficient (Wildman–Crippen LogP) is 2.95. The molecule has 0 fully saturated rings. The van der Waals surface area contributed by atoms with Crippen LogP contribution in [-0.4, -0.2) is 24.5 Å². The Morgan fingerprint density at radius 3 is 2.24 bits per heavy atom. The molecule has 0 heterocycles. The summed E-state index contributed by atoms with van der Waals surface area (Å²) in [7, 11) is 0. The lowest BCUT2D eigenvalue weighted by Gasteiger charge is -2.30. The van der Waals surface area contributed by atoms with Crippen LogP contribution in [0.4, 0.5) is 4.39 Å². The maximum atomic E-state index is 13.8. The molecule has 0 bridgehead atoms. The summed E-state index contributed by atoms with van der Waals surface area (Å²) >= 11 is 0. The third-order valence-corrected chi connectivity index (χ3v) is 2.95. The molecule has 17 heavy (non-hydrogen) atoms. The molecule has 0 saturated carbocycles. The van der Waals surface area contributed by atoms with E-state index >= 15 is 0 Å². The Kier molecular flexibility index (Phi) is 6.16. The van der Waals surface area contributed by atoms with Crippen molar-refractivity contribution in [2.45, 2.75) is 32.7 Å². The van der Waals surface area contributed by atoms with Gasteiger partial charge < -0.3 is 5.73 Å². The Morgan fingerprint density at radius 1 is 1.18 bits per heavy atom. The molecule has 0 aliphatic heterocycles. The predicted molar refractivity (Wildman–Crippen MR) is 70.4 cm³/mol. The number of hydrogen-bond donors (Lipinski definition) is 1. The zero-order valence-corrected chi connectivity index (χ0v) is 10.8. The van der Waals surface area contributed by atoms with Crippen LogP contribution in [0.2, 0.25) is 0 Å². The molecule has 2 N–H and O–H groups in total. The molecule has 1 rings (SSSR count). The van der Waals surface area contributed by atoms with E-state index in [4.69, 9.17) is 5.73 Å². The van der Waals surface area contributed by atoms with E-state index in [1.54, 1.807) is 6.07 Å². The molecular weight excluding hydrogens is 215 g/mol. The van der Waals surface area contributed by atoms with Gasteiger partial charge in [0.05, 0.1) is 0 Å². The highest BCUT2D eigenvalue weighted by atomic mass is 19.1. The van der Waals surface area contributed by atoms with Gasteiger partial charge in [-0.2, -0.15) is 0 Å². The normalized spacial score (nSPS) is 13.0. The molecule has 0 saturated heterocycles. The number of halogens is 1. The summed E-state index contributed by atoms with van der Waals surface area (Å²) in [5, 5.41) is 0. The molecule has 2 nitrogen and oxygen atoms in total. The van der Waals surface area contributed by atoms with Crippen LogP contribution < -0.4 is 5.73 Å². The smallest absolute Gasteiger partial charge is 0.128 e. The van der Waals surface area contributed by atoms with Gasteiger partial charge in [-0.3, -0.25) is 4.90 Å². The lowest BCUT2D eigenvalue weighted by atomic mass is 10.0. The number of benzene rings is 1. The first-order chi connectivity index (χ1) is 8.24. The number of nitrogens with two attached hydrogens (primary N) is 1. The van der Waals surface area contributed by atoms with Crippen molar-refractivity contribution in [3.8, 4) is 0 Å². The minimum absolute atomic E-state index is 0.00361. The second kappa shape index (κ2) is 7.41. The van der Waals surface area contributed by atoms with E-state index in [9.17, 15) is 4.39 Å². The van der Waals surface area contributed by atoms with E-state index < -0.39 is 0 Å². The Balaban J connectivity index is 2.91. The SMILES string of the molecule is CCCN(CCC)C(CN)c1ccccc1F. The van der Waals surface area contributed by atoms with Gasteiger partial charge in [0.25, 0.3) is 0 Å². The first-order valence-electron chi connectivity index (χ1n) is 6.43. The van der Waals surface area contributed by atoms with Crippen molar-refractivity contribution in [3.05, 3.63) is 35.6 Å². The van der Waals surface area contributed by atoms with E-state index in [0.717, 1.165) is 31.5 Å². The fourth-order valence-electron chi connectivity index (χ4n) is 2.22. The van der Waals surface area contributed by atoms with E-state index in [-0.39, 0.29) is 11.9 Å². The standard InChI is InChI=1S/C14H23FN2/c1-3-9-17(10-4-2)14(11-16)12-7-5-6-8-13(12)15/h5-8,14H,3-4,9-11,16H2,1-2H3. The van der Waals surface area contributed by atoms with Crippen LogP contribution >= 0.6 is 0 Å². The lowest BCUT2D eigenvalue weighted by Crippen LogP contribution is -2.35. The Bertz CT molecular complexity index is 322. The summed E-state index contributed by atoms with van der Waals surface area (Å²) in [5.41, 5.74) is 6.55. The summed E-state index contributed by atoms with van der Waals surface area (Å²) in [6.45, 7) is 6.66. The minimum Gasteiger partial charge on any atom is -0.329 e. The van der Waals surface area contributed by atoms with Gasteiger partial charge in [0.1, 0.15) is 5.82 Å². The number of rotatable bonds is 7. The molecule has 1 atom stereocenters. The van der Waals surface area contributed by atoms with E-state index in [2.05, 4.69) is 18.7 Å². The summed E-state index contributed by atoms with van der Waals surface area (Å²) in [6.07, 6.45) is 2.12. The van der Waals surface area contributed by atoms with E-state index in [0.29, 0.717) is 6.54 Å². The average molecular weight is 238 g/mol. The lowest BCUT2D eigenvalue weighted by molar-refractivity contribution is 0.198. The first kappa shape index (κ1) is 14.1. The van der Waals surface area contributed by atoms with Crippen LogP contribution in [0, 0.1) is 5.82 Å². The van der Waals surface area contributed by atoms with Crippen LogP contribution in [0.15, 0.2) is 24.3 Å². The van der Waals surface area contributed by atoms with Crippen molar-refractivity contribution in [3.63, 3.8) is 0 Å². The van der Waals surface area contributed by atoms with Crippen molar-refractivity contribution >= 4 is 0 Å². The van der Waals surface area contributed by atoms with Crippen LogP contribution in [0.25, 0.3) is 0 Å². The van der Waals surface area contributed by atoms with Gasteiger partial charge in [0.2, 0.25) is 0 Å².